The molecule has 0 saturated carbocycles. The lowest BCUT2D eigenvalue weighted by atomic mass is 10.1. The number of ether oxygens (including phenoxy) is 1. The number of nitrogens with zero attached hydrogens (tertiary/aromatic N) is 1. The van der Waals surface area contributed by atoms with E-state index >= 15 is 0 Å². The molecule has 0 unspecified atom stereocenters. The van der Waals surface area contributed by atoms with Gasteiger partial charge in [0.1, 0.15) is 11.4 Å². The van der Waals surface area contributed by atoms with Gasteiger partial charge in [-0.05, 0) is 23.3 Å². The summed E-state index contributed by atoms with van der Waals surface area (Å²) >= 11 is 7.27. The number of aromatic amines is 1. The van der Waals surface area contributed by atoms with E-state index in [4.69, 9.17) is 16.3 Å². The van der Waals surface area contributed by atoms with E-state index in [9.17, 15) is 9.59 Å². The number of aromatic nitrogens is 2. The smallest absolute Gasteiger partial charge is 0.330 e. The first-order chi connectivity index (χ1) is 13.1. The van der Waals surface area contributed by atoms with Crippen molar-refractivity contribution in [3.8, 4) is 11.1 Å². The molecule has 0 aliphatic heterocycles. The molecule has 0 saturated heterocycles. The molecule has 0 aliphatic rings. The minimum atomic E-state index is -0.492. The molecule has 5 nitrogen and oxygen atoms in total. The molecular weight excluding hydrogens is 384 g/mol. The van der Waals surface area contributed by atoms with E-state index in [2.05, 4.69) is 4.98 Å². The number of nitrogens with one attached hydrogen (secondary N) is 1. The van der Waals surface area contributed by atoms with Crippen molar-refractivity contribution in [3.05, 3.63) is 91.4 Å². The van der Waals surface area contributed by atoms with Crippen LogP contribution in [-0.4, -0.2) is 9.55 Å². The Hall–Kier alpha value is -2.67. The maximum atomic E-state index is 12.4. The van der Waals surface area contributed by atoms with Crippen molar-refractivity contribution in [1.82, 2.24) is 9.55 Å². The fourth-order valence-electron chi connectivity index (χ4n) is 2.89. The van der Waals surface area contributed by atoms with Gasteiger partial charge in [0.25, 0.3) is 5.56 Å². The van der Waals surface area contributed by atoms with Crippen LogP contribution in [0.5, 0.6) is 0 Å². The first kappa shape index (κ1) is 17.7. The first-order valence-electron chi connectivity index (χ1n) is 8.25. The van der Waals surface area contributed by atoms with Crippen molar-refractivity contribution in [1.29, 1.82) is 0 Å². The lowest BCUT2D eigenvalue weighted by molar-refractivity contribution is 0.0638. The van der Waals surface area contributed by atoms with Crippen LogP contribution in [0.25, 0.3) is 21.3 Å². The Kier molecular flexibility index (Phi) is 4.94. The highest BCUT2D eigenvalue weighted by Crippen LogP contribution is 2.32. The monoisotopic (exact) mass is 398 g/mol. The molecule has 7 heteroatoms. The predicted molar refractivity (Wildman–Crippen MR) is 108 cm³/mol. The Bertz CT molecular complexity index is 1190. The van der Waals surface area contributed by atoms with Crippen LogP contribution in [0.15, 0.2) is 69.6 Å². The van der Waals surface area contributed by atoms with Gasteiger partial charge in [-0.15, -0.1) is 11.3 Å². The van der Waals surface area contributed by atoms with Gasteiger partial charge in [-0.25, -0.2) is 4.79 Å². The van der Waals surface area contributed by atoms with Crippen LogP contribution >= 0.6 is 22.9 Å². The van der Waals surface area contributed by atoms with Gasteiger partial charge in [0, 0.05) is 16.0 Å². The third-order valence-electron chi connectivity index (χ3n) is 4.19. The molecule has 136 valence electrons. The number of hydrogen-bond donors (Lipinski definition) is 1. The van der Waals surface area contributed by atoms with E-state index in [1.807, 2.05) is 47.8 Å². The normalized spacial score (nSPS) is 11.1. The Morgan fingerprint density at radius 2 is 1.78 bits per heavy atom. The van der Waals surface area contributed by atoms with E-state index in [-0.39, 0.29) is 12.3 Å². The molecule has 0 amide bonds. The molecule has 0 atom stereocenters. The molecule has 1 N–H and O–H groups in total. The minimum absolute atomic E-state index is 0.0400. The van der Waals surface area contributed by atoms with Crippen molar-refractivity contribution in [3.63, 3.8) is 0 Å². The number of H-pyrrole nitrogens is 1. The standard InChI is InChI=1S/C20H15ClN2O3S/c21-15-8-6-14(7-9-15)16-11-27-18-17(16)23(20(25)22-19(18)24)12-26-10-13-4-2-1-3-5-13/h1-9,11H,10,12H2,(H,22,24,25). The second-order valence-corrected chi connectivity index (χ2v) is 7.30. The molecule has 27 heavy (non-hydrogen) atoms. The maximum Gasteiger partial charge on any atom is 0.330 e. The van der Waals surface area contributed by atoms with Gasteiger partial charge in [0.2, 0.25) is 0 Å². The van der Waals surface area contributed by atoms with Gasteiger partial charge < -0.3 is 4.74 Å². The second kappa shape index (κ2) is 7.52. The number of benzene rings is 2. The Balaban J connectivity index is 1.75. The van der Waals surface area contributed by atoms with Crippen LogP contribution in [-0.2, 0) is 18.1 Å². The predicted octanol–water partition coefficient (Wildman–Crippen LogP) is 4.25. The van der Waals surface area contributed by atoms with Crippen molar-refractivity contribution < 1.29 is 4.74 Å². The highest BCUT2D eigenvalue weighted by molar-refractivity contribution is 7.17. The number of rotatable bonds is 5. The number of fused-ring (bicyclic) bond motifs is 1. The van der Waals surface area contributed by atoms with Crippen LogP contribution < -0.4 is 11.2 Å². The first-order valence-corrected chi connectivity index (χ1v) is 9.51. The van der Waals surface area contributed by atoms with E-state index in [1.165, 1.54) is 15.9 Å². The molecule has 0 spiro atoms. The van der Waals surface area contributed by atoms with E-state index in [0.29, 0.717) is 21.8 Å². The zero-order chi connectivity index (χ0) is 18.8. The third-order valence-corrected chi connectivity index (χ3v) is 5.41. The van der Waals surface area contributed by atoms with E-state index < -0.39 is 5.69 Å². The van der Waals surface area contributed by atoms with Gasteiger partial charge in [-0.1, -0.05) is 54.1 Å². The zero-order valence-electron chi connectivity index (χ0n) is 14.1. The SMILES string of the molecule is O=c1[nH]c(=O)n(COCc2ccccc2)c2c(-c3ccc(Cl)cc3)csc12. The van der Waals surface area contributed by atoms with Crippen LogP contribution in [0.1, 0.15) is 5.56 Å². The largest absolute Gasteiger partial charge is 0.356 e. The Morgan fingerprint density at radius 3 is 2.52 bits per heavy atom. The number of halogens is 1. The average molecular weight is 399 g/mol. The summed E-state index contributed by atoms with van der Waals surface area (Å²) in [7, 11) is 0. The van der Waals surface area contributed by atoms with Crippen molar-refractivity contribution in [2.75, 3.05) is 0 Å². The summed E-state index contributed by atoms with van der Waals surface area (Å²) in [5, 5.41) is 2.50. The Labute approximate surface area is 163 Å². The molecule has 0 radical (unpaired) electrons. The summed E-state index contributed by atoms with van der Waals surface area (Å²) < 4.78 is 7.69. The Morgan fingerprint density at radius 1 is 1.04 bits per heavy atom. The molecule has 4 aromatic rings. The summed E-state index contributed by atoms with van der Waals surface area (Å²) in [6, 6.07) is 17.0. The average Bonchev–Trinajstić information content (AvgIpc) is 3.11. The van der Waals surface area contributed by atoms with Gasteiger partial charge in [-0.3, -0.25) is 14.3 Å². The van der Waals surface area contributed by atoms with Crippen molar-refractivity contribution >= 4 is 33.2 Å². The summed E-state index contributed by atoms with van der Waals surface area (Å²) in [6.07, 6.45) is 0. The second-order valence-electron chi connectivity index (χ2n) is 5.98. The fraction of sp³-hybridized carbons (Fsp3) is 0.100. The molecule has 2 aromatic carbocycles. The summed E-state index contributed by atoms with van der Waals surface area (Å²) in [4.78, 5) is 27.0. The zero-order valence-corrected chi connectivity index (χ0v) is 15.7. The van der Waals surface area contributed by atoms with Crippen molar-refractivity contribution in [2.45, 2.75) is 13.3 Å². The maximum absolute atomic E-state index is 12.4. The van der Waals surface area contributed by atoms with Crippen LogP contribution in [0.3, 0.4) is 0 Å². The quantitative estimate of drug-likeness (QED) is 0.546. The van der Waals surface area contributed by atoms with E-state index in [0.717, 1.165) is 16.7 Å². The van der Waals surface area contributed by atoms with Gasteiger partial charge in [0.15, 0.2) is 0 Å². The van der Waals surface area contributed by atoms with Crippen LogP contribution in [0, 0.1) is 0 Å². The summed E-state index contributed by atoms with van der Waals surface area (Å²) in [6.45, 7) is 0.409. The summed E-state index contributed by atoms with van der Waals surface area (Å²) in [5.41, 5.74) is 2.39. The minimum Gasteiger partial charge on any atom is -0.356 e. The lowest BCUT2D eigenvalue weighted by Gasteiger charge is -2.10. The van der Waals surface area contributed by atoms with Gasteiger partial charge in [-0.2, -0.15) is 0 Å². The van der Waals surface area contributed by atoms with Crippen LogP contribution in [0.4, 0.5) is 0 Å². The molecular formula is C20H15ClN2O3S. The molecule has 4 rings (SSSR count). The fourth-order valence-corrected chi connectivity index (χ4v) is 3.99. The van der Waals surface area contributed by atoms with Gasteiger partial charge in [0.05, 0.1) is 12.1 Å². The number of hydrogen-bond acceptors (Lipinski definition) is 4. The molecule has 0 fully saturated rings. The molecule has 0 aliphatic carbocycles. The molecule has 2 heterocycles. The van der Waals surface area contributed by atoms with E-state index in [1.54, 1.807) is 12.1 Å². The highest BCUT2D eigenvalue weighted by atomic mass is 35.5. The van der Waals surface area contributed by atoms with Gasteiger partial charge >= 0.3 is 5.69 Å². The third kappa shape index (κ3) is 3.60. The lowest BCUT2D eigenvalue weighted by Crippen LogP contribution is -2.30. The van der Waals surface area contributed by atoms with Crippen molar-refractivity contribution in [2.24, 2.45) is 0 Å². The highest BCUT2D eigenvalue weighted by Gasteiger charge is 2.15. The molecule has 0 bridgehead atoms. The summed E-state index contributed by atoms with van der Waals surface area (Å²) in [5.74, 6) is 0. The molecule has 2 aromatic heterocycles. The van der Waals surface area contributed by atoms with Crippen LogP contribution in [0.2, 0.25) is 5.02 Å². The topological polar surface area (TPSA) is 64.1 Å². The number of thiophene rings is 1.